The van der Waals surface area contributed by atoms with Gasteiger partial charge in [0.25, 0.3) is 10.0 Å². The summed E-state index contributed by atoms with van der Waals surface area (Å²) in [5, 5.41) is 5.04. The van der Waals surface area contributed by atoms with Crippen LogP contribution in [0.5, 0.6) is 0 Å². The first-order chi connectivity index (χ1) is 7.40. The van der Waals surface area contributed by atoms with Gasteiger partial charge in [-0.2, -0.15) is 0 Å². The number of hydrogen-bond acceptors (Lipinski definition) is 3. The quantitative estimate of drug-likeness (QED) is 0.853. The molecular formula is C10H19N3O2S. The van der Waals surface area contributed by atoms with Gasteiger partial charge in [-0.1, -0.05) is 13.8 Å². The molecule has 0 bridgehead atoms. The zero-order valence-corrected chi connectivity index (χ0v) is 10.8. The van der Waals surface area contributed by atoms with Crippen molar-refractivity contribution < 1.29 is 8.42 Å². The molecule has 0 radical (unpaired) electrons. The van der Waals surface area contributed by atoms with Gasteiger partial charge in [0, 0.05) is 18.7 Å². The fourth-order valence-electron chi connectivity index (χ4n) is 1.53. The van der Waals surface area contributed by atoms with Gasteiger partial charge in [0.2, 0.25) is 0 Å². The lowest BCUT2D eigenvalue weighted by molar-refractivity contribution is 0.506. The van der Waals surface area contributed by atoms with Crippen molar-refractivity contribution in [3.05, 3.63) is 12.0 Å². The average molecular weight is 245 g/mol. The molecule has 1 aromatic rings. The Morgan fingerprint density at radius 2 is 2.12 bits per heavy atom. The van der Waals surface area contributed by atoms with Crippen LogP contribution in [0.15, 0.2) is 11.2 Å². The van der Waals surface area contributed by atoms with Crippen molar-refractivity contribution in [1.82, 2.24) is 9.55 Å². The maximum Gasteiger partial charge on any atom is 0.257 e. The summed E-state index contributed by atoms with van der Waals surface area (Å²) in [7, 11) is -3.70. The normalized spacial score (nSPS) is 14.0. The Hall–Kier alpha value is -0.880. The number of primary sulfonamides is 1. The van der Waals surface area contributed by atoms with Gasteiger partial charge in [0.15, 0.2) is 5.03 Å². The molecule has 0 saturated heterocycles. The largest absolute Gasteiger partial charge is 0.331 e. The highest BCUT2D eigenvalue weighted by atomic mass is 32.2. The maximum absolute atomic E-state index is 11.2. The van der Waals surface area contributed by atoms with E-state index in [0.29, 0.717) is 0 Å². The van der Waals surface area contributed by atoms with Crippen molar-refractivity contribution in [3.8, 4) is 0 Å². The second-order valence-electron chi connectivity index (χ2n) is 3.95. The molecule has 0 fully saturated rings. The Balaban J connectivity index is 3.20. The van der Waals surface area contributed by atoms with Crippen molar-refractivity contribution >= 4 is 10.0 Å². The van der Waals surface area contributed by atoms with Crippen LogP contribution >= 0.6 is 0 Å². The molecule has 92 valence electrons. The summed E-state index contributed by atoms with van der Waals surface area (Å²) in [5.41, 5.74) is 0. The van der Waals surface area contributed by atoms with E-state index in [0.717, 1.165) is 25.1 Å². The van der Waals surface area contributed by atoms with Crippen LogP contribution in [0.3, 0.4) is 0 Å². The van der Waals surface area contributed by atoms with Gasteiger partial charge < -0.3 is 4.57 Å². The van der Waals surface area contributed by atoms with E-state index in [9.17, 15) is 8.42 Å². The number of rotatable bonds is 5. The molecule has 0 aliphatic carbocycles. The molecule has 5 nitrogen and oxygen atoms in total. The summed E-state index contributed by atoms with van der Waals surface area (Å²) < 4.78 is 24.3. The number of nitrogens with zero attached hydrogens (tertiary/aromatic N) is 2. The molecule has 0 aliphatic rings. The molecule has 1 rings (SSSR count). The van der Waals surface area contributed by atoms with Gasteiger partial charge in [0.1, 0.15) is 5.82 Å². The van der Waals surface area contributed by atoms with E-state index in [1.54, 1.807) is 0 Å². The summed E-state index contributed by atoms with van der Waals surface area (Å²) in [6.45, 7) is 6.12. The number of sulfonamides is 1. The molecule has 1 heterocycles. The molecule has 1 unspecified atom stereocenters. The van der Waals surface area contributed by atoms with E-state index in [1.807, 2.05) is 18.4 Å². The predicted molar refractivity (Wildman–Crippen MR) is 62.6 cm³/mol. The summed E-state index contributed by atoms with van der Waals surface area (Å²) in [6, 6.07) is 0.240. The van der Waals surface area contributed by atoms with E-state index < -0.39 is 10.0 Å². The SMILES string of the molecule is CCCc1nc(S(N)(=O)=O)cn1C(C)CC. The minimum atomic E-state index is -3.70. The summed E-state index contributed by atoms with van der Waals surface area (Å²) in [5.74, 6) is 0.792. The highest BCUT2D eigenvalue weighted by Gasteiger charge is 2.17. The van der Waals surface area contributed by atoms with Gasteiger partial charge in [-0.15, -0.1) is 0 Å². The number of imidazole rings is 1. The maximum atomic E-state index is 11.2. The van der Waals surface area contributed by atoms with Gasteiger partial charge in [0.05, 0.1) is 0 Å². The van der Waals surface area contributed by atoms with Gasteiger partial charge in [-0.25, -0.2) is 18.5 Å². The van der Waals surface area contributed by atoms with Gasteiger partial charge >= 0.3 is 0 Å². The van der Waals surface area contributed by atoms with Gasteiger partial charge in [-0.3, -0.25) is 0 Å². The van der Waals surface area contributed by atoms with Crippen LogP contribution in [0.2, 0.25) is 0 Å². The molecule has 0 amide bonds. The predicted octanol–water partition coefficient (Wildman–Crippen LogP) is 1.45. The van der Waals surface area contributed by atoms with Crippen LogP contribution in [0, 0.1) is 0 Å². The van der Waals surface area contributed by atoms with Crippen molar-refractivity contribution in [1.29, 1.82) is 0 Å². The number of aryl methyl sites for hydroxylation is 1. The molecule has 2 N–H and O–H groups in total. The minimum Gasteiger partial charge on any atom is -0.331 e. The third kappa shape index (κ3) is 2.82. The first-order valence-corrected chi connectivity index (χ1v) is 7.05. The fraction of sp³-hybridized carbons (Fsp3) is 0.700. The van der Waals surface area contributed by atoms with E-state index in [2.05, 4.69) is 11.9 Å². The van der Waals surface area contributed by atoms with Crippen molar-refractivity contribution in [2.45, 2.75) is 51.1 Å². The molecule has 0 spiro atoms. The second-order valence-corrected chi connectivity index (χ2v) is 5.46. The van der Waals surface area contributed by atoms with E-state index in [4.69, 9.17) is 5.14 Å². The molecule has 0 aromatic carbocycles. The zero-order chi connectivity index (χ0) is 12.3. The Morgan fingerprint density at radius 1 is 1.50 bits per heavy atom. The van der Waals surface area contributed by atoms with E-state index in [-0.39, 0.29) is 11.1 Å². The van der Waals surface area contributed by atoms with Crippen LogP contribution in [0.25, 0.3) is 0 Å². The topological polar surface area (TPSA) is 78.0 Å². The lowest BCUT2D eigenvalue weighted by Gasteiger charge is -2.13. The molecule has 1 atom stereocenters. The summed E-state index contributed by atoms with van der Waals surface area (Å²) >= 11 is 0. The van der Waals surface area contributed by atoms with Crippen molar-refractivity contribution in [2.75, 3.05) is 0 Å². The minimum absolute atomic E-state index is 0.0312. The first-order valence-electron chi connectivity index (χ1n) is 5.50. The monoisotopic (exact) mass is 245 g/mol. The van der Waals surface area contributed by atoms with E-state index >= 15 is 0 Å². The first kappa shape index (κ1) is 13.2. The molecule has 1 aromatic heterocycles. The highest BCUT2D eigenvalue weighted by molar-refractivity contribution is 7.89. The van der Waals surface area contributed by atoms with Crippen LogP contribution in [0.4, 0.5) is 0 Å². The average Bonchev–Trinajstić information content (AvgIpc) is 2.61. The zero-order valence-electron chi connectivity index (χ0n) is 9.97. The van der Waals surface area contributed by atoms with Crippen LogP contribution in [0.1, 0.15) is 45.5 Å². The highest BCUT2D eigenvalue weighted by Crippen LogP contribution is 2.17. The Morgan fingerprint density at radius 3 is 2.56 bits per heavy atom. The molecule has 0 saturated carbocycles. The van der Waals surface area contributed by atoms with Crippen LogP contribution in [-0.4, -0.2) is 18.0 Å². The Labute approximate surface area is 96.7 Å². The number of nitrogens with two attached hydrogens (primary N) is 1. The van der Waals surface area contributed by atoms with Gasteiger partial charge in [-0.05, 0) is 19.8 Å². The lowest BCUT2D eigenvalue weighted by Crippen LogP contribution is -2.12. The Bertz CT molecular complexity index is 451. The third-order valence-corrected chi connectivity index (χ3v) is 3.40. The van der Waals surface area contributed by atoms with E-state index in [1.165, 1.54) is 6.20 Å². The molecule has 0 aliphatic heterocycles. The number of hydrogen-bond donors (Lipinski definition) is 1. The fourth-order valence-corrected chi connectivity index (χ4v) is 2.02. The van der Waals surface area contributed by atoms with Crippen molar-refractivity contribution in [3.63, 3.8) is 0 Å². The summed E-state index contributed by atoms with van der Waals surface area (Å²) in [4.78, 5) is 4.09. The number of aromatic nitrogens is 2. The van der Waals surface area contributed by atoms with Crippen molar-refractivity contribution in [2.24, 2.45) is 5.14 Å². The van der Waals surface area contributed by atoms with Crippen LogP contribution < -0.4 is 5.14 Å². The van der Waals surface area contributed by atoms with Crippen LogP contribution in [-0.2, 0) is 16.4 Å². The second kappa shape index (κ2) is 4.97. The smallest absolute Gasteiger partial charge is 0.257 e. The molecule has 16 heavy (non-hydrogen) atoms. The Kier molecular flexibility index (Phi) is 4.09. The molecular weight excluding hydrogens is 226 g/mol. The third-order valence-electron chi connectivity index (χ3n) is 2.62. The lowest BCUT2D eigenvalue weighted by atomic mass is 10.2. The summed E-state index contributed by atoms with van der Waals surface area (Å²) in [6.07, 6.45) is 4.16. The standard InChI is InChI=1S/C10H19N3O2S/c1-4-6-9-12-10(16(11,14)15)7-13(9)8(3)5-2/h7-8H,4-6H2,1-3H3,(H2,11,14,15). The molecule has 6 heteroatoms.